The lowest BCUT2D eigenvalue weighted by molar-refractivity contribution is -0.119. The van der Waals surface area contributed by atoms with Gasteiger partial charge in [0.2, 0.25) is 0 Å². The van der Waals surface area contributed by atoms with Crippen LogP contribution in [-0.4, -0.2) is 34.9 Å². The summed E-state index contributed by atoms with van der Waals surface area (Å²) in [6.07, 6.45) is 0.577. The zero-order valence-corrected chi connectivity index (χ0v) is 17.3. The molecule has 2 aromatic heterocycles. The molecule has 160 valence electrons. The van der Waals surface area contributed by atoms with Gasteiger partial charge in [-0.1, -0.05) is 6.07 Å². The molecule has 2 amide bonds. The topological polar surface area (TPSA) is 113 Å². The minimum absolute atomic E-state index is 0.212. The lowest BCUT2D eigenvalue weighted by atomic mass is 10.0. The van der Waals surface area contributed by atoms with Gasteiger partial charge in [-0.05, 0) is 55.7 Å². The van der Waals surface area contributed by atoms with Gasteiger partial charge in [0.25, 0.3) is 11.8 Å². The molecule has 0 unspecified atom stereocenters. The number of aryl methyl sites for hydroxylation is 2. The van der Waals surface area contributed by atoms with E-state index < -0.39 is 5.91 Å². The summed E-state index contributed by atoms with van der Waals surface area (Å²) in [5.74, 6) is -0.597. The molecule has 4 aromatic rings. The highest BCUT2D eigenvalue weighted by Gasteiger charge is 2.15. The van der Waals surface area contributed by atoms with Gasteiger partial charge in [-0.2, -0.15) is 0 Å². The fourth-order valence-electron chi connectivity index (χ4n) is 3.82. The third kappa shape index (κ3) is 4.09. The standard InChI is InChI=1S/C23H23FN4O3/c1-12-3-6-17(24)22-21(12)16(13(2)27-22)7-8-26-23(30)19-9-14-4-5-15(10-18(14)28-19)31-11-20(25)29/h3-6,9-10,27-28H,7-8,11H2,1-2H3,(H2,25,29)(H,26,30). The van der Waals surface area contributed by atoms with Crippen LogP contribution in [0.25, 0.3) is 21.8 Å². The summed E-state index contributed by atoms with van der Waals surface area (Å²) in [7, 11) is 0. The second-order valence-corrected chi connectivity index (χ2v) is 7.54. The van der Waals surface area contributed by atoms with Crippen LogP contribution in [0.3, 0.4) is 0 Å². The Balaban J connectivity index is 1.45. The van der Waals surface area contributed by atoms with E-state index in [1.165, 1.54) is 6.07 Å². The van der Waals surface area contributed by atoms with Gasteiger partial charge >= 0.3 is 0 Å². The van der Waals surface area contributed by atoms with Crippen molar-refractivity contribution in [3.8, 4) is 5.75 Å². The molecule has 0 aliphatic heterocycles. The van der Waals surface area contributed by atoms with Crippen LogP contribution in [0.5, 0.6) is 5.75 Å². The third-order valence-electron chi connectivity index (χ3n) is 5.31. The Morgan fingerprint density at radius 1 is 1.13 bits per heavy atom. The smallest absolute Gasteiger partial charge is 0.267 e. The molecule has 2 aromatic carbocycles. The number of ether oxygens (including phenoxy) is 1. The van der Waals surface area contributed by atoms with Crippen LogP contribution in [0.2, 0.25) is 0 Å². The molecule has 0 aliphatic rings. The lowest BCUT2D eigenvalue weighted by Crippen LogP contribution is -2.26. The molecule has 2 heterocycles. The first-order valence-corrected chi connectivity index (χ1v) is 9.92. The van der Waals surface area contributed by atoms with Crippen molar-refractivity contribution in [1.29, 1.82) is 0 Å². The van der Waals surface area contributed by atoms with Crippen molar-refractivity contribution < 1.29 is 18.7 Å². The van der Waals surface area contributed by atoms with E-state index in [-0.39, 0.29) is 18.3 Å². The molecule has 0 fully saturated rings. The maximum Gasteiger partial charge on any atom is 0.267 e. The van der Waals surface area contributed by atoms with Crippen molar-refractivity contribution in [2.24, 2.45) is 5.73 Å². The van der Waals surface area contributed by atoms with Crippen molar-refractivity contribution >= 4 is 33.6 Å². The largest absolute Gasteiger partial charge is 0.484 e. The number of H-pyrrole nitrogens is 2. The number of fused-ring (bicyclic) bond motifs is 2. The van der Waals surface area contributed by atoms with E-state index in [4.69, 9.17) is 10.5 Å². The zero-order chi connectivity index (χ0) is 22.1. The summed E-state index contributed by atoms with van der Waals surface area (Å²) in [5.41, 5.74) is 9.61. The Kier molecular flexibility index (Phi) is 5.37. The number of carbonyl (C=O) groups is 2. The quantitative estimate of drug-likeness (QED) is 0.367. The van der Waals surface area contributed by atoms with E-state index >= 15 is 0 Å². The number of aromatic amines is 2. The van der Waals surface area contributed by atoms with Gasteiger partial charge in [0.05, 0.1) is 5.52 Å². The van der Waals surface area contributed by atoms with Crippen LogP contribution in [0, 0.1) is 19.7 Å². The van der Waals surface area contributed by atoms with Crippen LogP contribution >= 0.6 is 0 Å². The number of hydrogen-bond acceptors (Lipinski definition) is 3. The highest BCUT2D eigenvalue weighted by atomic mass is 19.1. The molecule has 8 heteroatoms. The molecule has 5 N–H and O–H groups in total. The van der Waals surface area contributed by atoms with Gasteiger partial charge in [-0.25, -0.2) is 4.39 Å². The second-order valence-electron chi connectivity index (χ2n) is 7.54. The molecule has 0 saturated carbocycles. The molecule has 0 bridgehead atoms. The fourth-order valence-corrected chi connectivity index (χ4v) is 3.82. The number of amides is 2. The molecular weight excluding hydrogens is 399 g/mol. The molecule has 31 heavy (non-hydrogen) atoms. The lowest BCUT2D eigenvalue weighted by Gasteiger charge is -2.06. The summed E-state index contributed by atoms with van der Waals surface area (Å²) in [4.78, 5) is 29.6. The van der Waals surface area contributed by atoms with E-state index in [2.05, 4.69) is 15.3 Å². The van der Waals surface area contributed by atoms with Crippen LogP contribution in [0.4, 0.5) is 4.39 Å². The molecular formula is C23H23FN4O3. The number of benzene rings is 2. The number of halogens is 1. The van der Waals surface area contributed by atoms with Gasteiger partial charge in [0.15, 0.2) is 6.61 Å². The first kappa shape index (κ1) is 20.5. The van der Waals surface area contributed by atoms with Crippen LogP contribution in [0.1, 0.15) is 27.3 Å². The Morgan fingerprint density at radius 2 is 1.94 bits per heavy atom. The molecule has 0 saturated heterocycles. The average molecular weight is 422 g/mol. The maximum atomic E-state index is 14.1. The van der Waals surface area contributed by atoms with E-state index in [0.717, 1.165) is 27.6 Å². The molecule has 0 radical (unpaired) electrons. The summed E-state index contributed by atoms with van der Waals surface area (Å²) < 4.78 is 19.4. The third-order valence-corrected chi connectivity index (χ3v) is 5.31. The van der Waals surface area contributed by atoms with Crippen LogP contribution < -0.4 is 15.8 Å². The van der Waals surface area contributed by atoms with Crippen molar-refractivity contribution in [3.05, 3.63) is 64.7 Å². The van der Waals surface area contributed by atoms with Crippen molar-refractivity contribution in [3.63, 3.8) is 0 Å². The Morgan fingerprint density at radius 3 is 2.71 bits per heavy atom. The summed E-state index contributed by atoms with van der Waals surface area (Å²) in [6.45, 7) is 4.05. The number of hydrogen-bond donors (Lipinski definition) is 4. The monoisotopic (exact) mass is 422 g/mol. The van der Waals surface area contributed by atoms with Gasteiger partial charge in [-0.15, -0.1) is 0 Å². The predicted molar refractivity (Wildman–Crippen MR) is 117 cm³/mol. The van der Waals surface area contributed by atoms with Crippen molar-refractivity contribution in [2.45, 2.75) is 20.3 Å². The van der Waals surface area contributed by atoms with Gasteiger partial charge < -0.3 is 25.8 Å². The number of carbonyl (C=O) groups excluding carboxylic acids is 2. The Bertz CT molecular complexity index is 1310. The second kappa shape index (κ2) is 8.14. The maximum absolute atomic E-state index is 14.1. The molecule has 4 rings (SSSR count). The van der Waals surface area contributed by atoms with Crippen molar-refractivity contribution in [2.75, 3.05) is 13.2 Å². The highest BCUT2D eigenvalue weighted by Crippen LogP contribution is 2.28. The van der Waals surface area contributed by atoms with Gasteiger partial charge in [0, 0.05) is 34.6 Å². The number of rotatable bonds is 7. The first-order valence-electron chi connectivity index (χ1n) is 9.92. The minimum atomic E-state index is -0.560. The summed E-state index contributed by atoms with van der Waals surface area (Å²) in [6, 6.07) is 10.2. The number of aromatic nitrogens is 2. The first-order chi connectivity index (χ1) is 14.8. The van der Waals surface area contributed by atoms with Gasteiger partial charge in [0.1, 0.15) is 17.3 Å². The van der Waals surface area contributed by atoms with E-state index in [1.807, 2.05) is 13.8 Å². The molecule has 0 aliphatic carbocycles. The molecule has 0 atom stereocenters. The van der Waals surface area contributed by atoms with Gasteiger partial charge in [-0.3, -0.25) is 9.59 Å². The highest BCUT2D eigenvalue weighted by molar-refractivity contribution is 5.98. The van der Waals surface area contributed by atoms with Crippen LogP contribution in [0.15, 0.2) is 36.4 Å². The minimum Gasteiger partial charge on any atom is -0.484 e. The summed E-state index contributed by atoms with van der Waals surface area (Å²) in [5, 5.41) is 4.63. The van der Waals surface area contributed by atoms with Crippen LogP contribution in [-0.2, 0) is 11.2 Å². The fraction of sp³-hybridized carbons (Fsp3) is 0.217. The normalized spacial score (nSPS) is 11.2. The van der Waals surface area contributed by atoms with E-state index in [9.17, 15) is 14.0 Å². The predicted octanol–water partition coefficient (Wildman–Crippen LogP) is 3.24. The van der Waals surface area contributed by atoms with E-state index in [1.54, 1.807) is 30.3 Å². The Hall–Kier alpha value is -3.81. The van der Waals surface area contributed by atoms with Crippen molar-refractivity contribution in [1.82, 2.24) is 15.3 Å². The zero-order valence-electron chi connectivity index (χ0n) is 17.3. The number of primary amides is 1. The summed E-state index contributed by atoms with van der Waals surface area (Å²) >= 11 is 0. The van der Waals surface area contributed by atoms with E-state index in [0.29, 0.717) is 35.4 Å². The number of nitrogens with one attached hydrogen (secondary N) is 3. The molecule has 0 spiro atoms. The molecule has 7 nitrogen and oxygen atoms in total. The number of nitrogens with two attached hydrogens (primary N) is 1. The Labute approximate surface area is 177 Å². The average Bonchev–Trinajstić information content (AvgIpc) is 3.31. The SMILES string of the molecule is Cc1[nH]c2c(F)ccc(C)c2c1CCNC(=O)c1cc2ccc(OCC(N)=O)cc2[nH]1.